The molecule has 94 valence electrons. The first-order valence-corrected chi connectivity index (χ1v) is 6.10. The molecule has 18 heavy (non-hydrogen) atoms. The fourth-order valence-corrected chi connectivity index (χ4v) is 2.18. The normalized spacial score (nSPS) is 10.4. The Bertz CT molecular complexity index is 557. The highest BCUT2D eigenvalue weighted by molar-refractivity contribution is 7.07. The third-order valence-corrected chi connectivity index (χ3v) is 3.16. The molecular weight excluding hydrogens is 258 g/mol. The standard InChI is InChI=1S/C12H10F2N2OS/c1-16(6-8-3-5-18-7-8)12(17)9-2-4-15-11(14)10(9)13/h2-5,7H,6H2,1H3. The molecule has 0 N–H and O–H groups in total. The first-order chi connectivity index (χ1) is 8.59. The summed E-state index contributed by atoms with van der Waals surface area (Å²) in [5, 5.41) is 3.79. The molecule has 6 heteroatoms. The summed E-state index contributed by atoms with van der Waals surface area (Å²) in [4.78, 5) is 16.4. The Hall–Kier alpha value is -1.82. The molecule has 2 aromatic heterocycles. The van der Waals surface area contributed by atoms with Crippen LogP contribution in [-0.2, 0) is 6.54 Å². The van der Waals surface area contributed by atoms with E-state index in [1.807, 2.05) is 16.8 Å². The van der Waals surface area contributed by atoms with Gasteiger partial charge in [-0.2, -0.15) is 15.7 Å². The summed E-state index contributed by atoms with van der Waals surface area (Å²) in [6.07, 6.45) is 1.07. The van der Waals surface area contributed by atoms with Crippen LogP contribution in [0.4, 0.5) is 8.78 Å². The molecular formula is C12H10F2N2OS. The number of carbonyl (C=O) groups is 1. The molecule has 1 amide bonds. The first-order valence-electron chi connectivity index (χ1n) is 5.16. The Labute approximate surface area is 107 Å². The number of hydrogen-bond acceptors (Lipinski definition) is 3. The van der Waals surface area contributed by atoms with Gasteiger partial charge in [0.05, 0.1) is 5.56 Å². The Morgan fingerprint density at radius 2 is 2.22 bits per heavy atom. The lowest BCUT2D eigenvalue weighted by atomic mass is 10.2. The fraction of sp³-hybridized carbons (Fsp3) is 0.167. The minimum atomic E-state index is -1.26. The van der Waals surface area contributed by atoms with E-state index < -0.39 is 17.7 Å². The molecule has 0 fully saturated rings. The van der Waals surface area contributed by atoms with Gasteiger partial charge in [0.2, 0.25) is 5.95 Å². The van der Waals surface area contributed by atoms with Crippen LogP contribution < -0.4 is 0 Å². The van der Waals surface area contributed by atoms with Crippen molar-refractivity contribution in [2.75, 3.05) is 7.05 Å². The van der Waals surface area contributed by atoms with Crippen molar-refractivity contribution in [3.05, 3.63) is 52.0 Å². The smallest absolute Gasteiger partial charge is 0.257 e. The zero-order valence-corrected chi connectivity index (χ0v) is 10.4. The van der Waals surface area contributed by atoms with Gasteiger partial charge in [-0.15, -0.1) is 0 Å². The number of hydrogen-bond donors (Lipinski definition) is 0. The summed E-state index contributed by atoms with van der Waals surface area (Å²) in [5.74, 6) is -3.04. The van der Waals surface area contributed by atoms with Gasteiger partial charge < -0.3 is 4.90 Å². The van der Waals surface area contributed by atoms with Gasteiger partial charge in [0.1, 0.15) is 0 Å². The summed E-state index contributed by atoms with van der Waals surface area (Å²) in [6, 6.07) is 3.04. The fourth-order valence-electron chi connectivity index (χ4n) is 1.52. The van der Waals surface area contributed by atoms with Crippen molar-refractivity contribution in [1.82, 2.24) is 9.88 Å². The van der Waals surface area contributed by atoms with Gasteiger partial charge in [-0.1, -0.05) is 0 Å². The quantitative estimate of drug-likeness (QED) is 0.802. The van der Waals surface area contributed by atoms with Crippen molar-refractivity contribution >= 4 is 17.2 Å². The molecule has 0 saturated heterocycles. The topological polar surface area (TPSA) is 33.2 Å². The molecule has 0 aliphatic rings. The molecule has 0 saturated carbocycles. The van der Waals surface area contributed by atoms with E-state index >= 15 is 0 Å². The highest BCUT2D eigenvalue weighted by Crippen LogP contribution is 2.14. The Balaban J connectivity index is 2.18. The second-order valence-corrected chi connectivity index (χ2v) is 4.54. The van der Waals surface area contributed by atoms with E-state index in [1.165, 1.54) is 29.4 Å². The van der Waals surface area contributed by atoms with E-state index in [2.05, 4.69) is 4.98 Å². The Morgan fingerprint density at radius 3 is 2.89 bits per heavy atom. The second-order valence-electron chi connectivity index (χ2n) is 3.76. The van der Waals surface area contributed by atoms with Crippen molar-refractivity contribution < 1.29 is 13.6 Å². The molecule has 0 bridgehead atoms. The van der Waals surface area contributed by atoms with E-state index in [0.29, 0.717) is 6.54 Å². The maximum absolute atomic E-state index is 13.4. The van der Waals surface area contributed by atoms with Gasteiger partial charge in [0, 0.05) is 19.8 Å². The molecule has 0 atom stereocenters. The average Bonchev–Trinajstić information content (AvgIpc) is 2.84. The van der Waals surface area contributed by atoms with Gasteiger partial charge in [0.15, 0.2) is 5.82 Å². The highest BCUT2D eigenvalue weighted by Gasteiger charge is 2.19. The highest BCUT2D eigenvalue weighted by atomic mass is 32.1. The Morgan fingerprint density at radius 1 is 1.44 bits per heavy atom. The van der Waals surface area contributed by atoms with Gasteiger partial charge in [0.25, 0.3) is 5.91 Å². The number of aromatic nitrogens is 1. The largest absolute Gasteiger partial charge is 0.337 e. The number of thiophene rings is 1. The van der Waals surface area contributed by atoms with Crippen molar-refractivity contribution in [3.63, 3.8) is 0 Å². The van der Waals surface area contributed by atoms with E-state index in [0.717, 1.165) is 11.8 Å². The third-order valence-electron chi connectivity index (χ3n) is 2.42. The monoisotopic (exact) mass is 268 g/mol. The molecule has 0 aromatic carbocycles. The lowest BCUT2D eigenvalue weighted by Gasteiger charge is -2.16. The van der Waals surface area contributed by atoms with Crippen molar-refractivity contribution in [3.8, 4) is 0 Å². The van der Waals surface area contributed by atoms with Gasteiger partial charge >= 0.3 is 0 Å². The zero-order chi connectivity index (χ0) is 13.1. The molecule has 0 radical (unpaired) electrons. The van der Waals surface area contributed by atoms with Gasteiger partial charge in [-0.25, -0.2) is 9.37 Å². The summed E-state index contributed by atoms with van der Waals surface area (Å²) in [6.45, 7) is 0.353. The van der Waals surface area contributed by atoms with Crippen LogP contribution in [0.25, 0.3) is 0 Å². The number of halogens is 2. The molecule has 0 unspecified atom stereocenters. The predicted molar refractivity (Wildman–Crippen MR) is 64.3 cm³/mol. The van der Waals surface area contributed by atoms with Crippen LogP contribution >= 0.6 is 11.3 Å². The number of pyridine rings is 1. The maximum atomic E-state index is 13.4. The molecule has 0 aliphatic carbocycles. The van der Waals surface area contributed by atoms with Crippen LogP contribution in [0.5, 0.6) is 0 Å². The van der Waals surface area contributed by atoms with Crippen LogP contribution in [-0.4, -0.2) is 22.8 Å². The van der Waals surface area contributed by atoms with Crippen molar-refractivity contribution in [2.45, 2.75) is 6.54 Å². The third kappa shape index (κ3) is 2.53. The van der Waals surface area contributed by atoms with Crippen LogP contribution in [0, 0.1) is 11.8 Å². The van der Waals surface area contributed by atoms with Crippen LogP contribution in [0.15, 0.2) is 29.1 Å². The van der Waals surface area contributed by atoms with Gasteiger partial charge in [-0.3, -0.25) is 4.79 Å². The molecule has 0 aliphatic heterocycles. The van der Waals surface area contributed by atoms with Crippen LogP contribution in [0.2, 0.25) is 0 Å². The minimum Gasteiger partial charge on any atom is -0.337 e. The SMILES string of the molecule is CN(Cc1ccsc1)C(=O)c1ccnc(F)c1F. The summed E-state index contributed by atoms with van der Waals surface area (Å²) >= 11 is 1.51. The van der Waals surface area contributed by atoms with E-state index in [-0.39, 0.29) is 5.56 Å². The van der Waals surface area contributed by atoms with Crippen LogP contribution in [0.1, 0.15) is 15.9 Å². The van der Waals surface area contributed by atoms with E-state index in [1.54, 1.807) is 0 Å². The van der Waals surface area contributed by atoms with E-state index in [9.17, 15) is 13.6 Å². The van der Waals surface area contributed by atoms with Gasteiger partial charge in [-0.05, 0) is 28.5 Å². The summed E-state index contributed by atoms with van der Waals surface area (Å²) in [7, 11) is 1.54. The number of rotatable bonds is 3. The minimum absolute atomic E-state index is 0.305. The number of carbonyl (C=O) groups excluding carboxylic acids is 1. The molecule has 2 heterocycles. The van der Waals surface area contributed by atoms with Crippen molar-refractivity contribution in [2.24, 2.45) is 0 Å². The summed E-state index contributed by atoms with van der Waals surface area (Å²) in [5.41, 5.74) is 0.644. The number of nitrogens with zero attached hydrogens (tertiary/aromatic N) is 2. The first kappa shape index (κ1) is 12.6. The number of amides is 1. The Kier molecular flexibility index (Phi) is 3.66. The molecule has 2 aromatic rings. The maximum Gasteiger partial charge on any atom is 0.257 e. The summed E-state index contributed by atoms with van der Waals surface area (Å²) < 4.78 is 26.3. The van der Waals surface area contributed by atoms with E-state index in [4.69, 9.17) is 0 Å². The van der Waals surface area contributed by atoms with Crippen LogP contribution in [0.3, 0.4) is 0 Å². The van der Waals surface area contributed by atoms with Crippen molar-refractivity contribution in [1.29, 1.82) is 0 Å². The second kappa shape index (κ2) is 5.22. The predicted octanol–water partition coefficient (Wildman–Crippen LogP) is 2.69. The average molecular weight is 268 g/mol. The molecule has 2 rings (SSSR count). The molecule has 3 nitrogen and oxygen atoms in total. The molecule has 0 spiro atoms. The lowest BCUT2D eigenvalue weighted by Crippen LogP contribution is -2.27. The lowest BCUT2D eigenvalue weighted by molar-refractivity contribution is 0.0779. The zero-order valence-electron chi connectivity index (χ0n) is 9.56.